The van der Waals surface area contributed by atoms with Crippen LogP contribution in [0, 0.1) is 0 Å². The molecule has 0 rings (SSSR count). The Morgan fingerprint density at radius 2 is 2.08 bits per heavy atom. The Balaban J connectivity index is 3.45. The SMILES string of the molecule is C=C(CC)CC(N)COC(C)C. The molecule has 2 nitrogen and oxygen atoms in total. The zero-order chi connectivity index (χ0) is 9.56. The minimum atomic E-state index is 0.111. The van der Waals surface area contributed by atoms with E-state index in [2.05, 4.69) is 13.5 Å². The van der Waals surface area contributed by atoms with Crippen molar-refractivity contribution in [2.24, 2.45) is 5.73 Å². The lowest BCUT2D eigenvalue weighted by Gasteiger charge is -2.14. The van der Waals surface area contributed by atoms with Gasteiger partial charge in [0.25, 0.3) is 0 Å². The quantitative estimate of drug-likeness (QED) is 0.621. The number of ether oxygens (including phenoxy) is 1. The number of nitrogens with two attached hydrogens (primary N) is 1. The fraction of sp³-hybridized carbons (Fsp3) is 0.800. The fourth-order valence-corrected chi connectivity index (χ4v) is 0.890. The van der Waals surface area contributed by atoms with Gasteiger partial charge in [0, 0.05) is 6.04 Å². The van der Waals surface area contributed by atoms with Crippen LogP contribution in [0.3, 0.4) is 0 Å². The smallest absolute Gasteiger partial charge is 0.0624 e. The minimum absolute atomic E-state index is 0.111. The van der Waals surface area contributed by atoms with Crippen LogP contribution in [-0.2, 0) is 4.74 Å². The maximum atomic E-state index is 5.81. The third-order valence-electron chi connectivity index (χ3n) is 1.69. The van der Waals surface area contributed by atoms with Crippen molar-refractivity contribution in [1.82, 2.24) is 0 Å². The summed E-state index contributed by atoms with van der Waals surface area (Å²) in [7, 11) is 0. The molecule has 0 bridgehead atoms. The van der Waals surface area contributed by atoms with Crippen molar-refractivity contribution in [1.29, 1.82) is 0 Å². The van der Waals surface area contributed by atoms with Gasteiger partial charge in [-0.2, -0.15) is 0 Å². The average Bonchev–Trinajstić information content (AvgIpc) is 2.00. The Bertz CT molecular complexity index is 132. The number of hydrogen-bond donors (Lipinski definition) is 1. The van der Waals surface area contributed by atoms with Gasteiger partial charge in [0.2, 0.25) is 0 Å². The molecule has 1 unspecified atom stereocenters. The average molecular weight is 171 g/mol. The molecule has 0 fully saturated rings. The molecule has 0 radical (unpaired) electrons. The van der Waals surface area contributed by atoms with E-state index in [1.54, 1.807) is 0 Å². The fourth-order valence-electron chi connectivity index (χ4n) is 0.890. The highest BCUT2D eigenvalue weighted by atomic mass is 16.5. The molecule has 0 heterocycles. The second-order valence-corrected chi connectivity index (χ2v) is 3.45. The van der Waals surface area contributed by atoms with Crippen LogP contribution in [0.4, 0.5) is 0 Å². The molecule has 0 amide bonds. The van der Waals surface area contributed by atoms with Gasteiger partial charge in [-0.3, -0.25) is 0 Å². The molecule has 1 atom stereocenters. The zero-order valence-electron chi connectivity index (χ0n) is 8.47. The highest BCUT2D eigenvalue weighted by Crippen LogP contribution is 2.06. The first-order valence-electron chi connectivity index (χ1n) is 4.60. The maximum Gasteiger partial charge on any atom is 0.0624 e. The van der Waals surface area contributed by atoms with Gasteiger partial charge in [0.15, 0.2) is 0 Å². The molecule has 0 aromatic heterocycles. The third kappa shape index (κ3) is 6.38. The van der Waals surface area contributed by atoms with Crippen molar-refractivity contribution >= 4 is 0 Å². The lowest BCUT2D eigenvalue weighted by atomic mass is 10.1. The topological polar surface area (TPSA) is 35.2 Å². The van der Waals surface area contributed by atoms with E-state index in [1.165, 1.54) is 5.57 Å². The van der Waals surface area contributed by atoms with Crippen LogP contribution in [-0.4, -0.2) is 18.8 Å². The van der Waals surface area contributed by atoms with Crippen LogP contribution in [0.25, 0.3) is 0 Å². The van der Waals surface area contributed by atoms with E-state index in [9.17, 15) is 0 Å². The summed E-state index contributed by atoms with van der Waals surface area (Å²) >= 11 is 0. The summed E-state index contributed by atoms with van der Waals surface area (Å²) in [6, 6.07) is 0.111. The first-order chi connectivity index (χ1) is 5.56. The second kappa shape index (κ2) is 6.21. The van der Waals surface area contributed by atoms with Crippen molar-refractivity contribution in [3.63, 3.8) is 0 Å². The monoisotopic (exact) mass is 171 g/mol. The van der Waals surface area contributed by atoms with Crippen molar-refractivity contribution < 1.29 is 4.74 Å². The molecule has 12 heavy (non-hydrogen) atoms. The summed E-state index contributed by atoms with van der Waals surface area (Å²) < 4.78 is 5.38. The Morgan fingerprint density at radius 1 is 1.50 bits per heavy atom. The summed E-state index contributed by atoms with van der Waals surface area (Å²) in [5.74, 6) is 0. The molecule has 0 aliphatic carbocycles. The molecule has 0 saturated carbocycles. The van der Waals surface area contributed by atoms with Crippen LogP contribution in [0.1, 0.15) is 33.6 Å². The van der Waals surface area contributed by atoms with Crippen molar-refractivity contribution in [3.05, 3.63) is 12.2 Å². The molecule has 0 spiro atoms. The van der Waals surface area contributed by atoms with E-state index in [0.29, 0.717) is 6.61 Å². The van der Waals surface area contributed by atoms with E-state index >= 15 is 0 Å². The predicted molar refractivity (Wildman–Crippen MR) is 53.1 cm³/mol. The Kier molecular flexibility index (Phi) is 6.03. The molecule has 0 aliphatic heterocycles. The van der Waals surface area contributed by atoms with E-state index in [0.717, 1.165) is 12.8 Å². The summed E-state index contributed by atoms with van der Waals surface area (Å²) in [5, 5.41) is 0. The van der Waals surface area contributed by atoms with Crippen LogP contribution in [0.2, 0.25) is 0 Å². The van der Waals surface area contributed by atoms with E-state index in [4.69, 9.17) is 10.5 Å². The first-order valence-corrected chi connectivity index (χ1v) is 4.60. The van der Waals surface area contributed by atoms with Gasteiger partial charge in [0.05, 0.1) is 12.7 Å². The van der Waals surface area contributed by atoms with Gasteiger partial charge < -0.3 is 10.5 Å². The van der Waals surface area contributed by atoms with Crippen LogP contribution in [0.15, 0.2) is 12.2 Å². The zero-order valence-corrected chi connectivity index (χ0v) is 8.47. The van der Waals surface area contributed by atoms with E-state index < -0.39 is 0 Å². The molecule has 72 valence electrons. The summed E-state index contributed by atoms with van der Waals surface area (Å²) in [6.07, 6.45) is 2.16. The lowest BCUT2D eigenvalue weighted by molar-refractivity contribution is 0.0683. The summed E-state index contributed by atoms with van der Waals surface area (Å²) in [5.41, 5.74) is 7.02. The minimum Gasteiger partial charge on any atom is -0.377 e. The molecule has 2 N–H and O–H groups in total. The Morgan fingerprint density at radius 3 is 2.50 bits per heavy atom. The number of rotatable bonds is 6. The normalized spacial score (nSPS) is 13.4. The standard InChI is InChI=1S/C10H21NO/c1-5-9(4)6-10(11)7-12-8(2)3/h8,10H,4-7,11H2,1-3H3. The van der Waals surface area contributed by atoms with Gasteiger partial charge in [-0.1, -0.05) is 19.1 Å². The molecular weight excluding hydrogens is 150 g/mol. The Labute approximate surface area is 75.8 Å². The molecule has 0 saturated heterocycles. The van der Waals surface area contributed by atoms with Gasteiger partial charge in [-0.05, 0) is 26.7 Å². The summed E-state index contributed by atoms with van der Waals surface area (Å²) in [6.45, 7) is 10.7. The third-order valence-corrected chi connectivity index (χ3v) is 1.69. The summed E-state index contributed by atoms with van der Waals surface area (Å²) in [4.78, 5) is 0. The number of hydrogen-bond acceptors (Lipinski definition) is 2. The van der Waals surface area contributed by atoms with Crippen LogP contribution in [0.5, 0.6) is 0 Å². The van der Waals surface area contributed by atoms with Crippen molar-refractivity contribution in [3.8, 4) is 0 Å². The van der Waals surface area contributed by atoms with E-state index in [-0.39, 0.29) is 12.1 Å². The second-order valence-electron chi connectivity index (χ2n) is 3.45. The molecule has 0 aliphatic rings. The predicted octanol–water partition coefficient (Wildman–Crippen LogP) is 2.09. The first kappa shape index (κ1) is 11.7. The molecule has 0 aromatic rings. The van der Waals surface area contributed by atoms with Gasteiger partial charge in [-0.15, -0.1) is 0 Å². The van der Waals surface area contributed by atoms with Gasteiger partial charge >= 0.3 is 0 Å². The van der Waals surface area contributed by atoms with Crippen molar-refractivity contribution in [2.75, 3.05) is 6.61 Å². The lowest BCUT2D eigenvalue weighted by Crippen LogP contribution is -2.28. The molecular formula is C10H21NO. The highest BCUT2D eigenvalue weighted by molar-refractivity contribution is 4.95. The van der Waals surface area contributed by atoms with Gasteiger partial charge in [-0.25, -0.2) is 0 Å². The van der Waals surface area contributed by atoms with E-state index in [1.807, 2.05) is 13.8 Å². The van der Waals surface area contributed by atoms with Crippen LogP contribution >= 0.6 is 0 Å². The Hall–Kier alpha value is -0.340. The van der Waals surface area contributed by atoms with Crippen LogP contribution < -0.4 is 5.73 Å². The van der Waals surface area contributed by atoms with Gasteiger partial charge in [0.1, 0.15) is 0 Å². The molecule has 2 heteroatoms. The maximum absolute atomic E-state index is 5.81. The highest BCUT2D eigenvalue weighted by Gasteiger charge is 2.04. The van der Waals surface area contributed by atoms with Crippen molar-refractivity contribution in [2.45, 2.75) is 45.8 Å². The molecule has 0 aromatic carbocycles. The largest absolute Gasteiger partial charge is 0.377 e.